The number of aromatic nitrogens is 2. The number of rotatable bonds is 7. The second kappa shape index (κ2) is 10.4. The minimum absolute atomic E-state index is 0.0219. The van der Waals surface area contributed by atoms with Crippen LogP contribution in [0.2, 0.25) is 5.02 Å². The van der Waals surface area contributed by atoms with Crippen LogP contribution in [0.3, 0.4) is 0 Å². The first-order valence-corrected chi connectivity index (χ1v) is 11.4. The maximum atomic E-state index is 13.1. The van der Waals surface area contributed by atoms with Gasteiger partial charge >= 0.3 is 0 Å². The monoisotopic (exact) mass is 460 g/mol. The highest BCUT2D eigenvalue weighted by Gasteiger charge is 2.41. The Kier molecular flexibility index (Phi) is 7.32. The Labute approximate surface area is 193 Å². The number of carbonyl (C=O) groups excluding carboxylic acids is 2. The van der Waals surface area contributed by atoms with Crippen LogP contribution in [0.5, 0.6) is 5.75 Å². The second-order valence-corrected chi connectivity index (χ2v) is 9.01. The lowest BCUT2D eigenvalue weighted by Crippen LogP contribution is -2.52. The van der Waals surface area contributed by atoms with Crippen molar-refractivity contribution in [1.82, 2.24) is 19.4 Å². The quantitative estimate of drug-likeness (QED) is 0.634. The lowest BCUT2D eigenvalue weighted by molar-refractivity contribution is -0.144. The van der Waals surface area contributed by atoms with Crippen LogP contribution >= 0.6 is 11.6 Å². The molecule has 0 bridgehead atoms. The standard InChI is InChI=1S/C23H29ClN4O4/c24-19-3-1-4-20(13-19)32-17-23(14-21(29)27-9-11-31-12-10-27)5-2-7-28(16-23)22(30)15-26-8-6-25-18-26/h1,3-4,6,8,13,18H,2,5,7,9-12,14-17H2/t23-/m0/s1. The number of amides is 2. The third-order valence-electron chi connectivity index (χ3n) is 6.12. The number of piperidine rings is 1. The molecule has 2 aliphatic rings. The molecule has 172 valence electrons. The molecule has 0 unspecified atom stereocenters. The van der Waals surface area contributed by atoms with E-state index in [2.05, 4.69) is 4.98 Å². The molecule has 8 nitrogen and oxygen atoms in total. The Hall–Kier alpha value is -2.58. The van der Waals surface area contributed by atoms with Gasteiger partial charge in [0.05, 0.1) is 26.1 Å². The molecule has 0 radical (unpaired) electrons. The molecule has 1 atom stereocenters. The van der Waals surface area contributed by atoms with Crippen LogP contribution in [0.4, 0.5) is 0 Å². The lowest BCUT2D eigenvalue weighted by Gasteiger charge is -2.43. The van der Waals surface area contributed by atoms with Crippen LogP contribution in [0.25, 0.3) is 0 Å². The van der Waals surface area contributed by atoms with Crippen LogP contribution < -0.4 is 4.74 Å². The summed E-state index contributed by atoms with van der Waals surface area (Å²) in [5, 5.41) is 0.599. The second-order valence-electron chi connectivity index (χ2n) is 8.57. The molecule has 32 heavy (non-hydrogen) atoms. The van der Waals surface area contributed by atoms with E-state index in [1.165, 1.54) is 0 Å². The summed E-state index contributed by atoms with van der Waals surface area (Å²) in [6.45, 7) is 4.08. The molecule has 3 heterocycles. The summed E-state index contributed by atoms with van der Waals surface area (Å²) in [7, 11) is 0. The largest absolute Gasteiger partial charge is 0.493 e. The number of carbonyl (C=O) groups is 2. The van der Waals surface area contributed by atoms with E-state index in [-0.39, 0.29) is 18.4 Å². The number of imidazole rings is 1. The van der Waals surface area contributed by atoms with Crippen LogP contribution in [0.15, 0.2) is 43.0 Å². The molecule has 0 saturated carbocycles. The summed E-state index contributed by atoms with van der Waals surface area (Å²) in [6.07, 6.45) is 7.05. The fourth-order valence-corrected chi connectivity index (χ4v) is 4.59. The Morgan fingerprint density at radius 3 is 2.75 bits per heavy atom. The molecule has 9 heteroatoms. The molecule has 2 fully saturated rings. The molecule has 2 aromatic rings. The molecule has 0 N–H and O–H groups in total. The molecule has 2 aliphatic heterocycles. The van der Waals surface area contributed by atoms with Gasteiger partial charge in [0.2, 0.25) is 11.8 Å². The summed E-state index contributed by atoms with van der Waals surface area (Å²) in [6, 6.07) is 7.26. The average Bonchev–Trinajstić information content (AvgIpc) is 3.32. The topological polar surface area (TPSA) is 76.9 Å². The van der Waals surface area contributed by atoms with Crippen molar-refractivity contribution in [3.63, 3.8) is 0 Å². The molecule has 0 aliphatic carbocycles. The Balaban J connectivity index is 1.48. The highest BCUT2D eigenvalue weighted by molar-refractivity contribution is 6.30. The van der Waals surface area contributed by atoms with Gasteiger partial charge in [-0.3, -0.25) is 9.59 Å². The van der Waals surface area contributed by atoms with Gasteiger partial charge in [-0.1, -0.05) is 17.7 Å². The van der Waals surface area contributed by atoms with Gasteiger partial charge in [0.25, 0.3) is 0 Å². The molecular weight excluding hydrogens is 432 g/mol. The minimum Gasteiger partial charge on any atom is -0.493 e. The normalized spacial score (nSPS) is 21.4. The SMILES string of the molecule is O=C(C[C@@]1(COc2cccc(Cl)c2)CCCN(C(=O)Cn2ccnc2)C1)N1CCOCC1. The van der Waals surface area contributed by atoms with E-state index in [1.54, 1.807) is 35.4 Å². The third-order valence-corrected chi connectivity index (χ3v) is 6.36. The highest BCUT2D eigenvalue weighted by Crippen LogP contribution is 2.36. The smallest absolute Gasteiger partial charge is 0.242 e. The Morgan fingerprint density at radius 2 is 2.00 bits per heavy atom. The zero-order valence-corrected chi connectivity index (χ0v) is 18.9. The zero-order valence-electron chi connectivity index (χ0n) is 18.1. The van der Waals surface area contributed by atoms with Gasteiger partial charge in [0, 0.05) is 55.4 Å². The Bertz CT molecular complexity index is 916. The van der Waals surface area contributed by atoms with Crippen molar-refractivity contribution in [3.8, 4) is 5.75 Å². The van der Waals surface area contributed by atoms with Crippen LogP contribution in [0, 0.1) is 5.41 Å². The molecule has 2 saturated heterocycles. The maximum Gasteiger partial charge on any atom is 0.242 e. The molecule has 1 aromatic carbocycles. The van der Waals surface area contributed by atoms with E-state index in [9.17, 15) is 9.59 Å². The summed E-state index contributed by atoms with van der Waals surface area (Å²) in [4.78, 5) is 33.8. The molecule has 1 aromatic heterocycles. The number of nitrogens with zero attached hydrogens (tertiary/aromatic N) is 4. The summed E-state index contributed by atoms with van der Waals surface area (Å²) < 4.78 is 13.3. The number of halogens is 1. The van der Waals surface area contributed by atoms with E-state index in [4.69, 9.17) is 21.1 Å². The van der Waals surface area contributed by atoms with Crippen molar-refractivity contribution in [2.45, 2.75) is 25.8 Å². The fraction of sp³-hybridized carbons (Fsp3) is 0.522. The van der Waals surface area contributed by atoms with Crippen molar-refractivity contribution < 1.29 is 19.1 Å². The molecule has 0 spiro atoms. The number of hydrogen-bond donors (Lipinski definition) is 0. The predicted octanol–water partition coefficient (Wildman–Crippen LogP) is 2.47. The van der Waals surface area contributed by atoms with Gasteiger partial charge in [-0.05, 0) is 31.0 Å². The van der Waals surface area contributed by atoms with Crippen LogP contribution in [0.1, 0.15) is 19.3 Å². The number of morpholine rings is 1. The lowest BCUT2D eigenvalue weighted by atomic mass is 9.77. The first-order chi connectivity index (χ1) is 15.5. The van der Waals surface area contributed by atoms with Crippen molar-refractivity contribution in [3.05, 3.63) is 48.0 Å². The predicted molar refractivity (Wildman–Crippen MR) is 119 cm³/mol. The third kappa shape index (κ3) is 5.81. The maximum absolute atomic E-state index is 13.1. The molecule has 2 amide bonds. The van der Waals surface area contributed by atoms with E-state index >= 15 is 0 Å². The van der Waals surface area contributed by atoms with E-state index in [0.29, 0.717) is 63.2 Å². The summed E-state index contributed by atoms with van der Waals surface area (Å²) in [5.74, 6) is 0.776. The zero-order chi connectivity index (χ0) is 22.4. The number of hydrogen-bond acceptors (Lipinski definition) is 5. The van der Waals surface area contributed by atoms with Crippen molar-refractivity contribution in [1.29, 1.82) is 0 Å². The van der Waals surface area contributed by atoms with Gasteiger partial charge in [-0.2, -0.15) is 0 Å². The first-order valence-electron chi connectivity index (χ1n) is 11.0. The van der Waals surface area contributed by atoms with Crippen LogP contribution in [-0.2, 0) is 20.9 Å². The van der Waals surface area contributed by atoms with Crippen LogP contribution in [-0.4, -0.2) is 77.2 Å². The fourth-order valence-electron chi connectivity index (χ4n) is 4.41. The van der Waals surface area contributed by atoms with Crippen molar-refractivity contribution in [2.75, 3.05) is 46.0 Å². The van der Waals surface area contributed by atoms with Gasteiger partial charge in [-0.25, -0.2) is 4.98 Å². The van der Waals surface area contributed by atoms with Gasteiger partial charge in [0.1, 0.15) is 12.3 Å². The number of likely N-dealkylation sites (tertiary alicyclic amines) is 1. The van der Waals surface area contributed by atoms with E-state index in [0.717, 1.165) is 12.8 Å². The molecular formula is C23H29ClN4O4. The highest BCUT2D eigenvalue weighted by atomic mass is 35.5. The van der Waals surface area contributed by atoms with E-state index < -0.39 is 5.41 Å². The average molecular weight is 461 g/mol. The van der Waals surface area contributed by atoms with Crippen molar-refractivity contribution in [2.24, 2.45) is 5.41 Å². The summed E-state index contributed by atoms with van der Waals surface area (Å²) >= 11 is 6.11. The van der Waals surface area contributed by atoms with Crippen molar-refractivity contribution >= 4 is 23.4 Å². The van der Waals surface area contributed by atoms with E-state index in [1.807, 2.05) is 21.9 Å². The molecule has 4 rings (SSSR count). The minimum atomic E-state index is -0.458. The number of ether oxygens (including phenoxy) is 2. The van der Waals surface area contributed by atoms with Gasteiger partial charge < -0.3 is 23.8 Å². The van der Waals surface area contributed by atoms with Gasteiger partial charge in [0.15, 0.2) is 0 Å². The number of benzene rings is 1. The Morgan fingerprint density at radius 1 is 1.16 bits per heavy atom. The first kappa shape index (κ1) is 22.6. The van der Waals surface area contributed by atoms with Gasteiger partial charge in [-0.15, -0.1) is 0 Å². The summed E-state index contributed by atoms with van der Waals surface area (Å²) in [5.41, 5.74) is -0.458.